The third-order valence-corrected chi connectivity index (χ3v) is 3.26. The number of ether oxygens (including phenoxy) is 1. The summed E-state index contributed by atoms with van der Waals surface area (Å²) in [5.74, 6) is -0.0615. The lowest BCUT2D eigenvalue weighted by molar-refractivity contribution is 0.0965. The number of rotatable bonds is 3. The van der Waals surface area contributed by atoms with Crippen molar-refractivity contribution < 1.29 is 14.2 Å². The fraction of sp³-hybridized carbons (Fsp3) is 0.667. The number of halogens is 1. The van der Waals surface area contributed by atoms with Gasteiger partial charge in [0.1, 0.15) is 12.4 Å². The lowest BCUT2D eigenvalue weighted by Gasteiger charge is -2.27. The van der Waals surface area contributed by atoms with Crippen LogP contribution in [0.3, 0.4) is 0 Å². The van der Waals surface area contributed by atoms with Gasteiger partial charge < -0.3 is 9.84 Å². The van der Waals surface area contributed by atoms with E-state index in [1.807, 2.05) is 0 Å². The first-order valence-electron chi connectivity index (χ1n) is 5.95. The van der Waals surface area contributed by atoms with Gasteiger partial charge in [-0.3, -0.25) is 0 Å². The molecule has 1 fully saturated rings. The quantitative estimate of drug-likeness (QED) is 0.876. The summed E-state index contributed by atoms with van der Waals surface area (Å²) < 4.78 is 19.2. The van der Waals surface area contributed by atoms with E-state index in [4.69, 9.17) is 9.84 Å². The Balaban J connectivity index is 1.95. The van der Waals surface area contributed by atoms with E-state index < -0.39 is 5.82 Å². The van der Waals surface area contributed by atoms with Crippen molar-refractivity contribution in [2.24, 2.45) is 5.92 Å². The molecular formula is C12H17FN2O2. The van der Waals surface area contributed by atoms with Gasteiger partial charge in [-0.15, -0.1) is 0 Å². The zero-order valence-electron chi connectivity index (χ0n) is 9.90. The highest BCUT2D eigenvalue weighted by Crippen LogP contribution is 2.27. The van der Waals surface area contributed by atoms with Gasteiger partial charge in [0.15, 0.2) is 0 Å². The summed E-state index contributed by atoms with van der Waals surface area (Å²) in [6, 6.07) is 0. The first-order valence-corrected chi connectivity index (χ1v) is 5.95. The summed E-state index contributed by atoms with van der Waals surface area (Å²) in [6.07, 6.45) is 4.84. The Morgan fingerprint density at radius 2 is 2.06 bits per heavy atom. The molecule has 1 heterocycles. The summed E-state index contributed by atoms with van der Waals surface area (Å²) in [4.78, 5) is 7.57. The number of hydrogen-bond donors (Lipinski definition) is 1. The second-order valence-corrected chi connectivity index (χ2v) is 4.52. The molecule has 1 aromatic rings. The van der Waals surface area contributed by atoms with Crippen LogP contribution in [0.5, 0.6) is 5.88 Å². The standard InChI is InChI=1S/C12H17FN2O2/c1-8-11(13)12(15-7-14-8)17-10-4-2-9(6-16)3-5-10/h7,9-10,16H,2-6H2,1H3. The van der Waals surface area contributed by atoms with Gasteiger partial charge >= 0.3 is 0 Å². The van der Waals surface area contributed by atoms with Crippen molar-refractivity contribution in [2.45, 2.75) is 38.7 Å². The summed E-state index contributed by atoms with van der Waals surface area (Å²) in [6.45, 7) is 1.82. The number of hydrogen-bond acceptors (Lipinski definition) is 4. The van der Waals surface area contributed by atoms with Crippen molar-refractivity contribution in [3.63, 3.8) is 0 Å². The molecule has 0 bridgehead atoms. The second-order valence-electron chi connectivity index (χ2n) is 4.52. The minimum absolute atomic E-state index is 0.00148. The average Bonchev–Trinajstić information content (AvgIpc) is 2.36. The van der Waals surface area contributed by atoms with E-state index in [0.29, 0.717) is 11.6 Å². The zero-order chi connectivity index (χ0) is 12.3. The maximum absolute atomic E-state index is 13.6. The number of aliphatic hydroxyl groups is 1. The number of nitrogens with zero attached hydrogens (tertiary/aromatic N) is 2. The van der Waals surface area contributed by atoms with Gasteiger partial charge in [0.25, 0.3) is 5.88 Å². The van der Waals surface area contributed by atoms with E-state index in [1.54, 1.807) is 6.92 Å². The molecule has 0 aliphatic heterocycles. The molecular weight excluding hydrogens is 223 g/mol. The Morgan fingerprint density at radius 1 is 1.35 bits per heavy atom. The molecule has 0 unspecified atom stereocenters. The highest BCUT2D eigenvalue weighted by Gasteiger charge is 2.23. The highest BCUT2D eigenvalue weighted by atomic mass is 19.1. The largest absolute Gasteiger partial charge is 0.472 e. The minimum Gasteiger partial charge on any atom is -0.472 e. The van der Waals surface area contributed by atoms with E-state index in [-0.39, 0.29) is 18.6 Å². The third-order valence-electron chi connectivity index (χ3n) is 3.26. The lowest BCUT2D eigenvalue weighted by Crippen LogP contribution is -2.26. The Morgan fingerprint density at radius 3 is 2.71 bits per heavy atom. The van der Waals surface area contributed by atoms with Crippen LogP contribution in [0.4, 0.5) is 4.39 Å². The van der Waals surface area contributed by atoms with Crippen LogP contribution in [-0.2, 0) is 0 Å². The molecule has 2 rings (SSSR count). The highest BCUT2D eigenvalue weighted by molar-refractivity contribution is 5.16. The average molecular weight is 240 g/mol. The van der Waals surface area contributed by atoms with Crippen LogP contribution in [0.1, 0.15) is 31.4 Å². The predicted octanol–water partition coefficient (Wildman–Crippen LogP) is 1.85. The van der Waals surface area contributed by atoms with Gasteiger partial charge in [-0.05, 0) is 38.5 Å². The summed E-state index contributed by atoms with van der Waals surface area (Å²) in [5.41, 5.74) is 0.305. The van der Waals surface area contributed by atoms with Crippen LogP contribution >= 0.6 is 0 Å². The third kappa shape index (κ3) is 2.91. The SMILES string of the molecule is Cc1ncnc(OC2CCC(CO)CC2)c1F. The van der Waals surface area contributed by atoms with Gasteiger partial charge in [-0.25, -0.2) is 4.98 Å². The van der Waals surface area contributed by atoms with E-state index in [0.717, 1.165) is 25.7 Å². The van der Waals surface area contributed by atoms with Gasteiger partial charge in [0.2, 0.25) is 5.82 Å². The van der Waals surface area contributed by atoms with Gasteiger partial charge in [-0.2, -0.15) is 9.37 Å². The Kier molecular flexibility index (Phi) is 3.89. The fourth-order valence-corrected chi connectivity index (χ4v) is 2.11. The molecule has 17 heavy (non-hydrogen) atoms. The van der Waals surface area contributed by atoms with Gasteiger partial charge in [-0.1, -0.05) is 0 Å². The van der Waals surface area contributed by atoms with E-state index >= 15 is 0 Å². The van der Waals surface area contributed by atoms with E-state index in [1.165, 1.54) is 6.33 Å². The first kappa shape index (κ1) is 12.2. The lowest BCUT2D eigenvalue weighted by atomic mass is 9.88. The number of aromatic nitrogens is 2. The molecule has 0 spiro atoms. The molecule has 94 valence electrons. The summed E-state index contributed by atoms with van der Waals surface area (Å²) in [7, 11) is 0. The second kappa shape index (κ2) is 5.40. The Hall–Kier alpha value is -1.23. The van der Waals surface area contributed by atoms with Crippen LogP contribution in [0.15, 0.2) is 6.33 Å². The normalized spacial score (nSPS) is 24.6. The smallest absolute Gasteiger partial charge is 0.254 e. The molecule has 0 aromatic carbocycles. The molecule has 5 heteroatoms. The van der Waals surface area contributed by atoms with E-state index in [2.05, 4.69) is 9.97 Å². The molecule has 0 saturated heterocycles. The van der Waals surface area contributed by atoms with Crippen LogP contribution in [0.2, 0.25) is 0 Å². The fourth-order valence-electron chi connectivity index (χ4n) is 2.11. The van der Waals surface area contributed by atoms with Gasteiger partial charge in [0, 0.05) is 6.61 Å². The topological polar surface area (TPSA) is 55.2 Å². The molecule has 1 N–H and O–H groups in total. The van der Waals surface area contributed by atoms with Crippen LogP contribution in [0, 0.1) is 18.7 Å². The van der Waals surface area contributed by atoms with Crippen molar-refractivity contribution in [1.29, 1.82) is 0 Å². The molecule has 0 atom stereocenters. The van der Waals surface area contributed by atoms with Crippen LogP contribution < -0.4 is 4.74 Å². The van der Waals surface area contributed by atoms with Crippen LogP contribution in [-0.4, -0.2) is 27.8 Å². The van der Waals surface area contributed by atoms with Crippen molar-refractivity contribution in [3.8, 4) is 5.88 Å². The van der Waals surface area contributed by atoms with Crippen molar-refractivity contribution in [1.82, 2.24) is 9.97 Å². The Bertz CT molecular complexity index is 379. The maximum Gasteiger partial charge on any atom is 0.254 e. The minimum atomic E-state index is -0.475. The number of aryl methyl sites for hydroxylation is 1. The molecule has 1 aromatic heterocycles. The van der Waals surface area contributed by atoms with Crippen LogP contribution in [0.25, 0.3) is 0 Å². The number of aliphatic hydroxyl groups excluding tert-OH is 1. The zero-order valence-corrected chi connectivity index (χ0v) is 9.90. The summed E-state index contributed by atoms with van der Waals surface area (Å²) >= 11 is 0. The van der Waals surface area contributed by atoms with E-state index in [9.17, 15) is 4.39 Å². The molecule has 1 saturated carbocycles. The van der Waals surface area contributed by atoms with Gasteiger partial charge in [0.05, 0.1) is 5.69 Å². The molecule has 0 radical (unpaired) electrons. The first-order chi connectivity index (χ1) is 8.20. The molecule has 1 aliphatic rings. The monoisotopic (exact) mass is 240 g/mol. The predicted molar refractivity (Wildman–Crippen MR) is 60.2 cm³/mol. The van der Waals surface area contributed by atoms with Crippen molar-refractivity contribution in [3.05, 3.63) is 17.8 Å². The maximum atomic E-state index is 13.6. The van der Waals surface area contributed by atoms with Crippen molar-refractivity contribution in [2.75, 3.05) is 6.61 Å². The molecule has 4 nitrogen and oxygen atoms in total. The summed E-state index contributed by atoms with van der Waals surface area (Å²) in [5, 5.41) is 9.03. The molecule has 0 amide bonds. The Labute approximate surface area is 99.9 Å². The molecule has 1 aliphatic carbocycles. The van der Waals surface area contributed by atoms with Crippen molar-refractivity contribution >= 4 is 0 Å².